The normalized spacial score (nSPS) is 27.3. The molecule has 1 heterocycles. The number of likely N-dealkylation sites (N-methyl/N-ethyl adjacent to an activating group) is 1. The highest BCUT2D eigenvalue weighted by molar-refractivity contribution is 5.76. The molecule has 5 nitrogen and oxygen atoms in total. The van der Waals surface area contributed by atoms with Gasteiger partial charge in [0.15, 0.2) is 0 Å². The van der Waals surface area contributed by atoms with Crippen molar-refractivity contribution >= 4 is 5.97 Å². The largest absolute Gasteiger partial charge is 0.461 e. The van der Waals surface area contributed by atoms with Crippen molar-refractivity contribution in [1.82, 2.24) is 5.32 Å². The second kappa shape index (κ2) is 8.12. The molecule has 0 radical (unpaired) electrons. The number of carbonyl (C=O) groups excluding carboxylic acids is 1. The second-order valence-electron chi connectivity index (χ2n) is 5.28. The molecule has 1 aromatic rings. The minimum atomic E-state index is -0.416. The zero-order valence-electron chi connectivity index (χ0n) is 12.6. The fraction of sp³-hybridized carbons (Fsp3) is 0.562. The number of ether oxygens (including phenoxy) is 3. The Morgan fingerprint density at radius 2 is 2.05 bits per heavy atom. The van der Waals surface area contributed by atoms with E-state index in [0.717, 1.165) is 5.56 Å². The third kappa shape index (κ3) is 5.12. The maximum atomic E-state index is 11.8. The predicted molar refractivity (Wildman–Crippen MR) is 78.9 cm³/mol. The van der Waals surface area contributed by atoms with Crippen LogP contribution in [-0.4, -0.2) is 44.5 Å². The summed E-state index contributed by atoms with van der Waals surface area (Å²) in [4.78, 5) is 11.8. The minimum Gasteiger partial charge on any atom is -0.461 e. The number of nitrogens with one attached hydrogen (secondary N) is 1. The van der Waals surface area contributed by atoms with Crippen LogP contribution < -0.4 is 5.32 Å². The van der Waals surface area contributed by atoms with E-state index in [4.69, 9.17) is 14.2 Å². The van der Waals surface area contributed by atoms with E-state index in [2.05, 4.69) is 5.32 Å². The molecule has 5 heteroatoms. The van der Waals surface area contributed by atoms with Gasteiger partial charge >= 0.3 is 5.97 Å². The first-order chi connectivity index (χ1) is 10.2. The Kier molecular flexibility index (Phi) is 6.17. The lowest BCUT2D eigenvalue weighted by Crippen LogP contribution is -2.40. The van der Waals surface area contributed by atoms with Crippen LogP contribution >= 0.6 is 0 Å². The third-order valence-electron chi connectivity index (χ3n) is 3.46. The van der Waals surface area contributed by atoms with Crippen LogP contribution in [0.5, 0.6) is 0 Å². The minimum absolute atomic E-state index is 0.0800. The van der Waals surface area contributed by atoms with E-state index in [0.29, 0.717) is 26.2 Å². The maximum absolute atomic E-state index is 11.8. The molecule has 1 saturated heterocycles. The molecule has 2 rings (SSSR count). The Balaban J connectivity index is 1.89. The molecule has 116 valence electrons. The molecular weight excluding hydrogens is 270 g/mol. The van der Waals surface area contributed by atoms with Crippen LogP contribution in [0.2, 0.25) is 0 Å². The molecule has 0 saturated carbocycles. The molecule has 0 aliphatic carbocycles. The molecule has 0 spiro atoms. The molecule has 0 amide bonds. The number of rotatable bonds is 4. The number of benzene rings is 1. The topological polar surface area (TPSA) is 56.8 Å². The van der Waals surface area contributed by atoms with E-state index in [1.165, 1.54) is 0 Å². The van der Waals surface area contributed by atoms with Crippen molar-refractivity contribution in [2.24, 2.45) is 0 Å². The van der Waals surface area contributed by atoms with Gasteiger partial charge in [-0.2, -0.15) is 0 Å². The van der Waals surface area contributed by atoms with Crippen LogP contribution in [0, 0.1) is 0 Å². The molecule has 1 aliphatic rings. The van der Waals surface area contributed by atoms with Gasteiger partial charge in [0.1, 0.15) is 12.1 Å². The lowest BCUT2D eigenvalue weighted by atomic mass is 10.2. The Hall–Kier alpha value is -1.43. The smallest absolute Gasteiger partial charge is 0.325 e. The van der Waals surface area contributed by atoms with E-state index in [1.54, 1.807) is 7.05 Å². The molecular formula is C16H23NO4. The van der Waals surface area contributed by atoms with Gasteiger partial charge in [-0.05, 0) is 19.5 Å². The molecule has 1 fully saturated rings. The van der Waals surface area contributed by atoms with Gasteiger partial charge < -0.3 is 19.5 Å². The van der Waals surface area contributed by atoms with Crippen molar-refractivity contribution in [1.29, 1.82) is 0 Å². The SMILES string of the molecule is CN[C@H]1COCC(OCc2ccccc2)CC(C)OC1=O. The molecule has 21 heavy (non-hydrogen) atoms. The van der Waals surface area contributed by atoms with Gasteiger partial charge in [-0.25, -0.2) is 0 Å². The van der Waals surface area contributed by atoms with E-state index >= 15 is 0 Å². The fourth-order valence-electron chi connectivity index (χ4n) is 2.26. The van der Waals surface area contributed by atoms with Crippen LogP contribution in [0.3, 0.4) is 0 Å². The van der Waals surface area contributed by atoms with Crippen LogP contribution in [0.4, 0.5) is 0 Å². The molecule has 2 unspecified atom stereocenters. The summed E-state index contributed by atoms with van der Waals surface area (Å²) in [7, 11) is 1.72. The monoisotopic (exact) mass is 293 g/mol. The molecule has 3 atom stereocenters. The average Bonchev–Trinajstić information content (AvgIpc) is 2.55. The fourth-order valence-corrected chi connectivity index (χ4v) is 2.26. The summed E-state index contributed by atoms with van der Waals surface area (Å²) in [6.45, 7) is 3.18. The average molecular weight is 293 g/mol. The summed E-state index contributed by atoms with van der Waals surface area (Å²) in [5.41, 5.74) is 1.12. The van der Waals surface area contributed by atoms with E-state index in [1.807, 2.05) is 37.3 Å². The highest BCUT2D eigenvalue weighted by Gasteiger charge is 2.26. The van der Waals surface area contributed by atoms with Crippen LogP contribution in [0.1, 0.15) is 18.9 Å². The Bertz CT molecular complexity index is 437. The first-order valence-corrected chi connectivity index (χ1v) is 7.30. The second-order valence-corrected chi connectivity index (χ2v) is 5.28. The van der Waals surface area contributed by atoms with Crippen molar-refractivity contribution in [2.75, 3.05) is 20.3 Å². The van der Waals surface area contributed by atoms with Crippen molar-refractivity contribution < 1.29 is 19.0 Å². The first kappa shape index (κ1) is 15.9. The van der Waals surface area contributed by atoms with Crippen molar-refractivity contribution in [3.8, 4) is 0 Å². The molecule has 0 bridgehead atoms. The summed E-state index contributed by atoms with van der Waals surface area (Å²) in [5, 5.41) is 2.90. The molecule has 1 aliphatic heterocycles. The zero-order valence-corrected chi connectivity index (χ0v) is 12.6. The zero-order chi connectivity index (χ0) is 15.1. The van der Waals surface area contributed by atoms with Gasteiger partial charge in [0.05, 0.1) is 25.9 Å². The number of esters is 1. The summed E-state index contributed by atoms with van der Waals surface area (Å²) in [6.07, 6.45) is 0.370. The van der Waals surface area contributed by atoms with Gasteiger partial charge in [0, 0.05) is 6.42 Å². The summed E-state index contributed by atoms with van der Waals surface area (Å²) in [6, 6.07) is 9.58. The standard InChI is InChI=1S/C16H23NO4/c1-12-8-14(20-9-13-6-4-3-5-7-13)10-19-11-15(17-2)16(18)21-12/h3-7,12,14-15,17H,8-11H2,1-2H3/t12?,14?,15-/m0/s1. The number of cyclic esters (lactones) is 1. The summed E-state index contributed by atoms with van der Waals surface area (Å²) in [5.74, 6) is -0.270. The molecule has 1 N–H and O–H groups in total. The molecule has 1 aromatic carbocycles. The summed E-state index contributed by atoms with van der Waals surface area (Å²) < 4.78 is 16.9. The van der Waals surface area contributed by atoms with E-state index < -0.39 is 6.04 Å². The van der Waals surface area contributed by atoms with Gasteiger partial charge in [-0.15, -0.1) is 0 Å². The van der Waals surface area contributed by atoms with E-state index in [-0.39, 0.29) is 18.2 Å². The maximum Gasteiger partial charge on any atom is 0.325 e. The first-order valence-electron chi connectivity index (χ1n) is 7.30. The van der Waals surface area contributed by atoms with Gasteiger partial charge in [0.2, 0.25) is 0 Å². The number of carbonyl (C=O) groups is 1. The van der Waals surface area contributed by atoms with Gasteiger partial charge in [-0.1, -0.05) is 30.3 Å². The predicted octanol–water partition coefficient (Wildman–Crippen LogP) is 1.51. The summed E-state index contributed by atoms with van der Waals surface area (Å²) >= 11 is 0. The Labute approximate surface area is 125 Å². The van der Waals surface area contributed by atoms with E-state index in [9.17, 15) is 4.79 Å². The van der Waals surface area contributed by atoms with Gasteiger partial charge in [-0.3, -0.25) is 4.79 Å². The van der Waals surface area contributed by atoms with Crippen molar-refractivity contribution in [2.45, 2.75) is 38.2 Å². The number of hydrogen-bond donors (Lipinski definition) is 1. The van der Waals surface area contributed by atoms with Crippen LogP contribution in [0.15, 0.2) is 30.3 Å². The Morgan fingerprint density at radius 3 is 2.76 bits per heavy atom. The third-order valence-corrected chi connectivity index (χ3v) is 3.46. The highest BCUT2D eigenvalue weighted by atomic mass is 16.6. The lowest BCUT2D eigenvalue weighted by molar-refractivity contribution is -0.152. The lowest BCUT2D eigenvalue weighted by Gasteiger charge is -2.20. The van der Waals surface area contributed by atoms with Gasteiger partial charge in [0.25, 0.3) is 0 Å². The Morgan fingerprint density at radius 1 is 1.29 bits per heavy atom. The quantitative estimate of drug-likeness (QED) is 0.853. The number of hydrogen-bond acceptors (Lipinski definition) is 5. The van der Waals surface area contributed by atoms with Crippen molar-refractivity contribution in [3.63, 3.8) is 0 Å². The highest BCUT2D eigenvalue weighted by Crippen LogP contribution is 2.13. The van der Waals surface area contributed by atoms with Crippen LogP contribution in [0.25, 0.3) is 0 Å². The molecule has 0 aromatic heterocycles. The van der Waals surface area contributed by atoms with Crippen LogP contribution in [-0.2, 0) is 25.6 Å². The van der Waals surface area contributed by atoms with Crippen molar-refractivity contribution in [3.05, 3.63) is 35.9 Å².